The number of nitrogens with zero attached hydrogens (tertiary/aromatic N) is 1. The molecule has 0 saturated carbocycles. The minimum absolute atomic E-state index is 0.103. The minimum atomic E-state index is -4.44. The molecule has 1 atom stereocenters. The summed E-state index contributed by atoms with van der Waals surface area (Å²) in [6.45, 7) is 0.467. The van der Waals surface area contributed by atoms with Crippen molar-refractivity contribution in [2.45, 2.75) is 25.7 Å². The van der Waals surface area contributed by atoms with E-state index in [1.54, 1.807) is 31.2 Å². The molecule has 0 saturated heterocycles. The van der Waals surface area contributed by atoms with Crippen molar-refractivity contribution in [3.8, 4) is 5.88 Å². The summed E-state index contributed by atoms with van der Waals surface area (Å²) in [5.74, 6) is -0.161. The molecule has 140 valence electrons. The van der Waals surface area contributed by atoms with Crippen LogP contribution in [0.2, 0.25) is 5.02 Å². The van der Waals surface area contributed by atoms with Gasteiger partial charge in [0, 0.05) is 23.8 Å². The van der Waals surface area contributed by atoms with Crippen LogP contribution in [0.1, 0.15) is 24.1 Å². The SMILES string of the molecule is CC(NC(=O)NCc1ccnc(OCC(F)(F)F)c1)c1ccccc1Cl. The highest BCUT2D eigenvalue weighted by Crippen LogP contribution is 2.22. The molecule has 0 radical (unpaired) electrons. The molecule has 1 unspecified atom stereocenters. The Morgan fingerprint density at radius 1 is 1.31 bits per heavy atom. The van der Waals surface area contributed by atoms with Gasteiger partial charge in [0.1, 0.15) is 0 Å². The molecular formula is C17H17ClF3N3O2. The number of aromatic nitrogens is 1. The van der Waals surface area contributed by atoms with Crippen molar-refractivity contribution in [1.29, 1.82) is 0 Å². The molecule has 2 aromatic rings. The number of amides is 2. The molecule has 1 aromatic carbocycles. The summed E-state index contributed by atoms with van der Waals surface area (Å²) in [4.78, 5) is 15.7. The monoisotopic (exact) mass is 387 g/mol. The van der Waals surface area contributed by atoms with E-state index >= 15 is 0 Å². The lowest BCUT2D eigenvalue weighted by molar-refractivity contribution is -0.154. The van der Waals surface area contributed by atoms with Crippen molar-refractivity contribution in [2.75, 3.05) is 6.61 Å². The number of rotatable bonds is 6. The molecule has 26 heavy (non-hydrogen) atoms. The van der Waals surface area contributed by atoms with Crippen LogP contribution in [0.5, 0.6) is 5.88 Å². The Labute approximate surface area is 153 Å². The van der Waals surface area contributed by atoms with Crippen LogP contribution in [0, 0.1) is 0 Å². The van der Waals surface area contributed by atoms with Gasteiger partial charge in [-0.05, 0) is 30.2 Å². The molecule has 9 heteroatoms. The molecule has 0 aliphatic rings. The first-order valence-corrected chi connectivity index (χ1v) is 8.05. The van der Waals surface area contributed by atoms with E-state index in [9.17, 15) is 18.0 Å². The summed E-state index contributed by atoms with van der Waals surface area (Å²) >= 11 is 6.08. The van der Waals surface area contributed by atoms with Gasteiger partial charge in [-0.25, -0.2) is 9.78 Å². The Kier molecular flexibility index (Phi) is 6.68. The molecule has 2 N–H and O–H groups in total. The van der Waals surface area contributed by atoms with E-state index in [1.165, 1.54) is 12.3 Å². The van der Waals surface area contributed by atoms with E-state index in [0.717, 1.165) is 5.56 Å². The molecule has 2 rings (SSSR count). The van der Waals surface area contributed by atoms with Crippen LogP contribution in [0.4, 0.5) is 18.0 Å². The third-order valence-electron chi connectivity index (χ3n) is 3.36. The van der Waals surface area contributed by atoms with E-state index < -0.39 is 18.8 Å². The summed E-state index contributed by atoms with van der Waals surface area (Å²) in [6, 6.07) is 9.30. The van der Waals surface area contributed by atoms with Crippen molar-refractivity contribution < 1.29 is 22.7 Å². The number of alkyl halides is 3. The van der Waals surface area contributed by atoms with Gasteiger partial charge in [0.15, 0.2) is 6.61 Å². The first-order valence-electron chi connectivity index (χ1n) is 7.68. The summed E-state index contributed by atoms with van der Waals surface area (Å²) in [5.41, 5.74) is 1.33. The van der Waals surface area contributed by atoms with Crippen molar-refractivity contribution in [3.63, 3.8) is 0 Å². The molecule has 0 aliphatic heterocycles. The number of carbonyl (C=O) groups is 1. The number of halogens is 4. The van der Waals surface area contributed by atoms with Crippen LogP contribution in [0.3, 0.4) is 0 Å². The predicted molar refractivity (Wildman–Crippen MR) is 91.0 cm³/mol. The number of nitrogens with one attached hydrogen (secondary N) is 2. The summed E-state index contributed by atoms with van der Waals surface area (Å²) in [6.07, 6.45) is -3.13. The molecule has 0 aliphatic carbocycles. The maximum absolute atomic E-state index is 12.2. The minimum Gasteiger partial charge on any atom is -0.468 e. The Balaban J connectivity index is 1.86. The number of benzene rings is 1. The van der Waals surface area contributed by atoms with Crippen LogP contribution in [0.15, 0.2) is 42.6 Å². The van der Waals surface area contributed by atoms with E-state index in [-0.39, 0.29) is 18.5 Å². The van der Waals surface area contributed by atoms with Gasteiger partial charge in [-0.2, -0.15) is 13.2 Å². The molecule has 1 aromatic heterocycles. The maximum atomic E-state index is 12.2. The highest BCUT2D eigenvalue weighted by molar-refractivity contribution is 6.31. The van der Waals surface area contributed by atoms with Crippen molar-refractivity contribution in [3.05, 3.63) is 58.7 Å². The maximum Gasteiger partial charge on any atom is 0.422 e. The number of hydrogen-bond donors (Lipinski definition) is 2. The van der Waals surface area contributed by atoms with Gasteiger partial charge in [-0.15, -0.1) is 0 Å². The molecule has 2 amide bonds. The van der Waals surface area contributed by atoms with Crippen LogP contribution < -0.4 is 15.4 Å². The molecule has 1 heterocycles. The van der Waals surface area contributed by atoms with E-state index in [1.807, 2.05) is 6.07 Å². The van der Waals surface area contributed by atoms with E-state index in [0.29, 0.717) is 10.6 Å². The number of carbonyl (C=O) groups excluding carboxylic acids is 1. The molecule has 0 bridgehead atoms. The van der Waals surface area contributed by atoms with Gasteiger partial charge in [-0.3, -0.25) is 0 Å². The average molecular weight is 388 g/mol. The van der Waals surface area contributed by atoms with Crippen LogP contribution in [-0.2, 0) is 6.54 Å². The lowest BCUT2D eigenvalue weighted by Gasteiger charge is -2.16. The second-order valence-corrected chi connectivity index (χ2v) is 5.88. The second kappa shape index (κ2) is 8.75. The largest absolute Gasteiger partial charge is 0.468 e. The molecular weight excluding hydrogens is 371 g/mol. The number of urea groups is 1. The normalized spacial score (nSPS) is 12.3. The summed E-state index contributed by atoms with van der Waals surface area (Å²) < 4.78 is 41.0. The van der Waals surface area contributed by atoms with E-state index in [2.05, 4.69) is 20.4 Å². The Morgan fingerprint density at radius 3 is 2.73 bits per heavy atom. The van der Waals surface area contributed by atoms with Gasteiger partial charge in [0.05, 0.1) is 6.04 Å². The molecule has 5 nitrogen and oxygen atoms in total. The fraction of sp³-hybridized carbons (Fsp3) is 0.294. The van der Waals surface area contributed by atoms with Crippen molar-refractivity contribution >= 4 is 17.6 Å². The van der Waals surface area contributed by atoms with Crippen molar-refractivity contribution in [2.24, 2.45) is 0 Å². The van der Waals surface area contributed by atoms with Gasteiger partial charge in [0.25, 0.3) is 0 Å². The first-order chi connectivity index (χ1) is 12.2. The second-order valence-electron chi connectivity index (χ2n) is 5.48. The predicted octanol–water partition coefficient (Wildman–Crippen LogP) is 4.24. The quantitative estimate of drug-likeness (QED) is 0.779. The van der Waals surface area contributed by atoms with Gasteiger partial charge in [-0.1, -0.05) is 29.8 Å². The molecule has 0 fully saturated rings. The Bertz CT molecular complexity index is 756. The van der Waals surface area contributed by atoms with Gasteiger partial charge < -0.3 is 15.4 Å². The Morgan fingerprint density at radius 2 is 2.04 bits per heavy atom. The van der Waals surface area contributed by atoms with Gasteiger partial charge >= 0.3 is 12.2 Å². The number of pyridine rings is 1. The highest BCUT2D eigenvalue weighted by atomic mass is 35.5. The van der Waals surface area contributed by atoms with Crippen LogP contribution in [0.25, 0.3) is 0 Å². The lowest BCUT2D eigenvalue weighted by atomic mass is 10.1. The molecule has 0 spiro atoms. The van der Waals surface area contributed by atoms with E-state index in [4.69, 9.17) is 11.6 Å². The third-order valence-corrected chi connectivity index (χ3v) is 3.70. The summed E-state index contributed by atoms with van der Waals surface area (Å²) in [7, 11) is 0. The third kappa shape index (κ3) is 6.44. The first kappa shape index (κ1) is 19.8. The Hall–Kier alpha value is -2.48. The number of hydrogen-bond acceptors (Lipinski definition) is 3. The fourth-order valence-electron chi connectivity index (χ4n) is 2.13. The highest BCUT2D eigenvalue weighted by Gasteiger charge is 2.28. The van der Waals surface area contributed by atoms with Gasteiger partial charge in [0.2, 0.25) is 5.88 Å². The smallest absolute Gasteiger partial charge is 0.422 e. The average Bonchev–Trinajstić information content (AvgIpc) is 2.58. The van der Waals surface area contributed by atoms with Crippen LogP contribution in [-0.4, -0.2) is 23.8 Å². The van der Waals surface area contributed by atoms with Crippen LogP contribution >= 0.6 is 11.6 Å². The number of ether oxygens (including phenoxy) is 1. The zero-order valence-corrected chi connectivity index (χ0v) is 14.6. The topological polar surface area (TPSA) is 63.2 Å². The fourth-order valence-corrected chi connectivity index (χ4v) is 2.43. The lowest BCUT2D eigenvalue weighted by Crippen LogP contribution is -2.36. The van der Waals surface area contributed by atoms with Crippen molar-refractivity contribution in [1.82, 2.24) is 15.6 Å². The standard InChI is InChI=1S/C17H17ClF3N3O2/c1-11(13-4-2-3-5-14(13)18)24-16(25)23-9-12-6-7-22-15(8-12)26-10-17(19,20)21/h2-8,11H,9-10H2,1H3,(H2,23,24,25). The summed E-state index contributed by atoms with van der Waals surface area (Å²) in [5, 5.41) is 5.90. The zero-order chi connectivity index (χ0) is 19.2. The zero-order valence-electron chi connectivity index (χ0n) is 13.8.